The van der Waals surface area contributed by atoms with Crippen molar-refractivity contribution >= 4 is 5.90 Å². The fourth-order valence-corrected chi connectivity index (χ4v) is 3.07. The van der Waals surface area contributed by atoms with Crippen molar-refractivity contribution in [3.05, 3.63) is 108 Å². The van der Waals surface area contributed by atoms with E-state index in [-0.39, 0.29) is 12.2 Å². The Morgan fingerprint density at radius 2 is 1.36 bits per heavy atom. The molecule has 1 aliphatic rings. The van der Waals surface area contributed by atoms with Gasteiger partial charge >= 0.3 is 0 Å². The van der Waals surface area contributed by atoms with E-state index in [0.29, 0.717) is 5.90 Å². The molecule has 1 aliphatic heterocycles. The highest BCUT2D eigenvalue weighted by Gasteiger charge is 2.34. The molecule has 3 aromatic rings. The molecule has 0 amide bonds. The number of aliphatic imine (C=N–C) groups is 1. The van der Waals surface area contributed by atoms with Gasteiger partial charge in [0.1, 0.15) is 0 Å². The number of rotatable bonds is 4. The lowest BCUT2D eigenvalue weighted by Crippen LogP contribution is -2.27. The lowest BCUT2D eigenvalue weighted by Gasteiger charge is -2.28. The molecule has 0 saturated heterocycles. The van der Waals surface area contributed by atoms with Gasteiger partial charge in [-0.25, -0.2) is 4.99 Å². The molecule has 25 heavy (non-hydrogen) atoms. The van der Waals surface area contributed by atoms with Gasteiger partial charge in [0.2, 0.25) is 5.90 Å². The smallest absolute Gasteiger partial charge is 0.243 e. The molecular weight excluding hydrogens is 308 g/mol. The van der Waals surface area contributed by atoms with E-state index >= 15 is 0 Å². The highest BCUT2D eigenvalue weighted by Crippen LogP contribution is 2.36. The van der Waals surface area contributed by atoms with Crippen molar-refractivity contribution < 1.29 is 4.84 Å². The summed E-state index contributed by atoms with van der Waals surface area (Å²) in [5, 5.41) is 1.98. The molecule has 0 aliphatic carbocycles. The lowest BCUT2D eigenvalue weighted by atomic mass is 10.1. The Morgan fingerprint density at radius 1 is 0.800 bits per heavy atom. The zero-order chi connectivity index (χ0) is 17.1. The molecule has 0 spiro atoms. The van der Waals surface area contributed by atoms with Gasteiger partial charge in [-0.15, -0.1) is 5.06 Å². The van der Waals surface area contributed by atoms with Gasteiger partial charge in [-0.1, -0.05) is 78.9 Å². The second-order valence-corrected chi connectivity index (χ2v) is 6.12. The first-order valence-electron chi connectivity index (χ1n) is 8.52. The molecule has 0 fully saturated rings. The van der Waals surface area contributed by atoms with Gasteiger partial charge in [0.25, 0.3) is 0 Å². The molecule has 0 bridgehead atoms. The summed E-state index contributed by atoms with van der Waals surface area (Å²) in [6.45, 7) is 2.15. The van der Waals surface area contributed by atoms with Crippen molar-refractivity contribution in [3.63, 3.8) is 0 Å². The van der Waals surface area contributed by atoms with Crippen molar-refractivity contribution in [2.24, 2.45) is 4.99 Å². The summed E-state index contributed by atoms with van der Waals surface area (Å²) in [6, 6.07) is 30.8. The van der Waals surface area contributed by atoms with Gasteiger partial charge < -0.3 is 4.84 Å². The summed E-state index contributed by atoms with van der Waals surface area (Å²) in [4.78, 5) is 11.1. The Balaban J connectivity index is 1.71. The Kier molecular flexibility index (Phi) is 4.32. The Bertz CT molecular complexity index is 847. The first-order valence-corrected chi connectivity index (χ1v) is 8.52. The largest absolute Gasteiger partial charge is 0.382 e. The third kappa shape index (κ3) is 3.19. The predicted molar refractivity (Wildman–Crippen MR) is 99.9 cm³/mol. The lowest BCUT2D eigenvalue weighted by molar-refractivity contribution is -0.117. The van der Waals surface area contributed by atoms with Crippen LogP contribution in [0.5, 0.6) is 0 Å². The van der Waals surface area contributed by atoms with Crippen molar-refractivity contribution in [1.29, 1.82) is 0 Å². The van der Waals surface area contributed by atoms with Crippen LogP contribution < -0.4 is 0 Å². The number of nitrogens with zero attached hydrogens (tertiary/aromatic N) is 2. The standard InChI is InChI=1S/C22H20N2O/c1-17(18-11-5-2-6-12-18)24-21(19-13-7-3-8-14-19)23-22(25-24)20-15-9-4-10-16-20/h2-17,21H,1H3/t17-,21-/m1/s1. The maximum atomic E-state index is 6.21. The second kappa shape index (κ2) is 6.91. The summed E-state index contributed by atoms with van der Waals surface area (Å²) in [5.41, 5.74) is 3.32. The number of hydrogen-bond donors (Lipinski definition) is 0. The third-order valence-electron chi connectivity index (χ3n) is 4.45. The van der Waals surface area contributed by atoms with Crippen LogP contribution in [0, 0.1) is 0 Å². The molecule has 0 aromatic heterocycles. The van der Waals surface area contributed by atoms with Gasteiger partial charge in [0.05, 0.1) is 6.04 Å². The van der Waals surface area contributed by atoms with Crippen molar-refractivity contribution in [1.82, 2.24) is 5.06 Å². The molecule has 0 unspecified atom stereocenters. The average Bonchev–Trinajstić information content (AvgIpc) is 3.15. The summed E-state index contributed by atoms with van der Waals surface area (Å²) in [6.07, 6.45) is -0.161. The van der Waals surface area contributed by atoms with Gasteiger partial charge in [-0.05, 0) is 30.2 Å². The monoisotopic (exact) mass is 328 g/mol. The number of hydroxylamine groups is 2. The second-order valence-electron chi connectivity index (χ2n) is 6.12. The first-order chi connectivity index (χ1) is 12.3. The van der Waals surface area contributed by atoms with Crippen molar-refractivity contribution in [2.75, 3.05) is 0 Å². The molecule has 1 heterocycles. The average molecular weight is 328 g/mol. The SMILES string of the molecule is C[C@H](c1ccccc1)N1OC(c2ccccc2)=N[C@H]1c1ccccc1. The Labute approximate surface area is 148 Å². The highest BCUT2D eigenvalue weighted by molar-refractivity contribution is 5.94. The van der Waals surface area contributed by atoms with Gasteiger partial charge in [0.15, 0.2) is 6.17 Å². The quantitative estimate of drug-likeness (QED) is 0.662. The summed E-state index contributed by atoms with van der Waals surface area (Å²) >= 11 is 0. The van der Waals surface area contributed by atoms with Gasteiger partial charge in [0, 0.05) is 5.56 Å². The van der Waals surface area contributed by atoms with E-state index in [0.717, 1.165) is 11.1 Å². The summed E-state index contributed by atoms with van der Waals surface area (Å²) < 4.78 is 0. The van der Waals surface area contributed by atoms with Gasteiger partial charge in [-0.3, -0.25) is 0 Å². The first kappa shape index (κ1) is 15.6. The number of hydrogen-bond acceptors (Lipinski definition) is 3. The van der Waals surface area contributed by atoms with Crippen LogP contribution >= 0.6 is 0 Å². The Morgan fingerprint density at radius 3 is 2.00 bits per heavy atom. The fourth-order valence-electron chi connectivity index (χ4n) is 3.07. The van der Waals surface area contributed by atoms with Crippen LogP contribution in [0.2, 0.25) is 0 Å². The van der Waals surface area contributed by atoms with Crippen LogP contribution in [-0.4, -0.2) is 11.0 Å². The maximum absolute atomic E-state index is 6.21. The molecular formula is C22H20N2O. The maximum Gasteiger partial charge on any atom is 0.243 e. The van der Waals surface area contributed by atoms with Crippen LogP contribution in [0.4, 0.5) is 0 Å². The fraction of sp³-hybridized carbons (Fsp3) is 0.136. The highest BCUT2D eigenvalue weighted by atomic mass is 16.7. The third-order valence-corrected chi connectivity index (χ3v) is 4.45. The zero-order valence-electron chi connectivity index (χ0n) is 14.1. The summed E-state index contributed by atoms with van der Waals surface area (Å²) in [7, 11) is 0. The van der Waals surface area contributed by atoms with Crippen molar-refractivity contribution in [3.8, 4) is 0 Å². The minimum Gasteiger partial charge on any atom is -0.382 e. The molecule has 2 atom stereocenters. The zero-order valence-corrected chi connectivity index (χ0v) is 14.1. The van der Waals surface area contributed by atoms with Crippen LogP contribution in [-0.2, 0) is 4.84 Å². The molecule has 0 N–H and O–H groups in total. The minimum absolute atomic E-state index is 0.0800. The van der Waals surface area contributed by atoms with E-state index in [1.165, 1.54) is 5.56 Å². The molecule has 4 rings (SSSR count). The molecule has 3 nitrogen and oxygen atoms in total. The van der Waals surface area contributed by atoms with E-state index in [1.54, 1.807) is 0 Å². The van der Waals surface area contributed by atoms with Crippen LogP contribution in [0.3, 0.4) is 0 Å². The van der Waals surface area contributed by atoms with E-state index in [2.05, 4.69) is 43.3 Å². The molecule has 0 radical (unpaired) electrons. The summed E-state index contributed by atoms with van der Waals surface area (Å²) in [5.74, 6) is 0.664. The van der Waals surface area contributed by atoms with E-state index < -0.39 is 0 Å². The van der Waals surface area contributed by atoms with E-state index in [9.17, 15) is 0 Å². The molecule has 124 valence electrons. The van der Waals surface area contributed by atoms with Crippen LogP contribution in [0.25, 0.3) is 0 Å². The normalized spacial score (nSPS) is 18.4. The topological polar surface area (TPSA) is 24.8 Å². The Hall–Kier alpha value is -2.91. The van der Waals surface area contributed by atoms with Crippen LogP contribution in [0.15, 0.2) is 96.0 Å². The van der Waals surface area contributed by atoms with Crippen molar-refractivity contribution in [2.45, 2.75) is 19.1 Å². The molecule has 3 aromatic carbocycles. The molecule has 3 heteroatoms. The van der Waals surface area contributed by atoms with E-state index in [1.807, 2.05) is 59.7 Å². The van der Waals surface area contributed by atoms with E-state index in [4.69, 9.17) is 9.83 Å². The predicted octanol–water partition coefficient (Wildman–Crippen LogP) is 5.14. The van der Waals surface area contributed by atoms with Crippen LogP contribution in [0.1, 0.15) is 35.8 Å². The van der Waals surface area contributed by atoms with Gasteiger partial charge in [-0.2, -0.15) is 0 Å². The minimum atomic E-state index is -0.161. The number of benzene rings is 3. The molecule has 0 saturated carbocycles.